The molecule has 0 amide bonds. The van der Waals surface area contributed by atoms with Gasteiger partial charge in [-0.2, -0.15) is 0 Å². The fourth-order valence-corrected chi connectivity index (χ4v) is 4.39. The summed E-state index contributed by atoms with van der Waals surface area (Å²) in [4.78, 5) is 0. The van der Waals surface area contributed by atoms with Gasteiger partial charge in [-0.15, -0.1) is 0 Å². The molecular formula is C18H19ClINO. The summed E-state index contributed by atoms with van der Waals surface area (Å²) in [7, 11) is 2.31. The normalized spacial score (nSPS) is 25.5. The van der Waals surface area contributed by atoms with E-state index in [1.54, 1.807) is 6.07 Å². The third-order valence-electron chi connectivity index (χ3n) is 5.29. The summed E-state index contributed by atoms with van der Waals surface area (Å²) >= 11 is 6.40. The first-order valence-electron chi connectivity index (χ1n) is 7.52. The molecule has 0 bridgehead atoms. The molecule has 2 aromatic carbocycles. The molecule has 22 heavy (non-hydrogen) atoms. The molecule has 0 spiro atoms. The minimum absolute atomic E-state index is 0. The number of phenolic OH excluding ortho intramolecular Hbond substituents is 1. The third kappa shape index (κ3) is 2.25. The standard InChI is InChI=1S/C18H18ClNO.HI/c1-20-10-8-12-4-2-3-5-13(12)18(20)17-14(9-11-20)15(19)6-7-16(17)21;/h2-7,18H,8-11H2,1H3;1H. The molecule has 0 saturated carbocycles. The van der Waals surface area contributed by atoms with Crippen molar-refractivity contribution in [2.75, 3.05) is 20.1 Å². The molecule has 4 rings (SSSR count). The van der Waals surface area contributed by atoms with Gasteiger partial charge >= 0.3 is 0 Å². The minimum Gasteiger partial charge on any atom is -1.00 e. The highest BCUT2D eigenvalue weighted by Crippen LogP contribution is 2.48. The SMILES string of the molecule is C[N+]12CCc3ccccc3C1c1c(O)ccc(Cl)c1CC2.[I-]. The van der Waals surface area contributed by atoms with Crippen molar-refractivity contribution in [2.45, 2.75) is 18.9 Å². The van der Waals surface area contributed by atoms with Gasteiger partial charge in [0.05, 0.1) is 25.7 Å². The number of quaternary nitrogens is 1. The summed E-state index contributed by atoms with van der Waals surface area (Å²) in [5, 5.41) is 11.3. The van der Waals surface area contributed by atoms with Gasteiger partial charge in [0, 0.05) is 23.4 Å². The van der Waals surface area contributed by atoms with Crippen LogP contribution in [0.3, 0.4) is 0 Å². The number of hydrogen-bond acceptors (Lipinski definition) is 1. The van der Waals surface area contributed by atoms with E-state index in [2.05, 4.69) is 31.3 Å². The maximum Gasteiger partial charge on any atom is 0.144 e. The zero-order valence-electron chi connectivity index (χ0n) is 12.5. The first-order valence-corrected chi connectivity index (χ1v) is 7.90. The van der Waals surface area contributed by atoms with Crippen molar-refractivity contribution in [3.8, 4) is 5.75 Å². The monoisotopic (exact) mass is 427 g/mol. The maximum absolute atomic E-state index is 10.5. The molecule has 116 valence electrons. The van der Waals surface area contributed by atoms with Crippen LogP contribution in [-0.4, -0.2) is 29.7 Å². The van der Waals surface area contributed by atoms with E-state index in [1.165, 1.54) is 11.1 Å². The van der Waals surface area contributed by atoms with Gasteiger partial charge in [-0.1, -0.05) is 35.9 Å². The summed E-state index contributed by atoms with van der Waals surface area (Å²) in [6.45, 7) is 2.20. The number of likely N-dealkylation sites (N-methyl/N-ethyl adjacent to an activating group) is 1. The predicted molar refractivity (Wildman–Crippen MR) is 84.7 cm³/mol. The quantitative estimate of drug-likeness (QED) is 0.485. The first-order chi connectivity index (χ1) is 10.1. The lowest BCUT2D eigenvalue weighted by molar-refractivity contribution is -0.937. The minimum atomic E-state index is 0. The van der Waals surface area contributed by atoms with E-state index in [9.17, 15) is 5.11 Å². The summed E-state index contributed by atoms with van der Waals surface area (Å²) in [5.41, 5.74) is 4.94. The molecule has 2 atom stereocenters. The summed E-state index contributed by atoms with van der Waals surface area (Å²) < 4.78 is 0.970. The largest absolute Gasteiger partial charge is 1.00 e. The van der Waals surface area contributed by atoms with E-state index in [0.717, 1.165) is 46.6 Å². The Hall–Kier alpha value is -0.780. The van der Waals surface area contributed by atoms with Gasteiger partial charge < -0.3 is 33.6 Å². The Kier molecular flexibility index (Phi) is 4.16. The van der Waals surface area contributed by atoms with Gasteiger partial charge in [-0.05, 0) is 23.3 Å². The molecule has 1 N–H and O–H groups in total. The van der Waals surface area contributed by atoms with Crippen molar-refractivity contribution in [1.82, 2.24) is 0 Å². The Bertz CT molecular complexity index is 733. The fourth-order valence-electron chi connectivity index (χ4n) is 4.13. The van der Waals surface area contributed by atoms with Gasteiger partial charge in [0.15, 0.2) is 0 Å². The smallest absolute Gasteiger partial charge is 0.144 e. The molecule has 0 aliphatic carbocycles. The lowest BCUT2D eigenvalue weighted by Gasteiger charge is -2.49. The van der Waals surface area contributed by atoms with Crippen molar-refractivity contribution in [1.29, 1.82) is 0 Å². The second-order valence-corrected chi connectivity index (χ2v) is 6.89. The third-order valence-corrected chi connectivity index (χ3v) is 5.64. The lowest BCUT2D eigenvalue weighted by Crippen LogP contribution is -3.00. The van der Waals surface area contributed by atoms with E-state index in [4.69, 9.17) is 11.6 Å². The van der Waals surface area contributed by atoms with Gasteiger partial charge in [0.2, 0.25) is 0 Å². The summed E-state index contributed by atoms with van der Waals surface area (Å²) in [6.07, 6.45) is 2.05. The fraction of sp³-hybridized carbons (Fsp3) is 0.333. The number of fused-ring (bicyclic) bond motifs is 5. The number of nitrogens with zero attached hydrogens (tertiary/aromatic N) is 1. The van der Waals surface area contributed by atoms with Crippen LogP contribution in [0.2, 0.25) is 5.02 Å². The van der Waals surface area contributed by atoms with Gasteiger partial charge in [-0.3, -0.25) is 0 Å². The Morgan fingerprint density at radius 2 is 1.82 bits per heavy atom. The molecule has 0 aromatic heterocycles. The molecule has 2 heterocycles. The average Bonchev–Trinajstić information content (AvgIpc) is 2.50. The number of rotatable bonds is 0. The van der Waals surface area contributed by atoms with Crippen molar-refractivity contribution in [3.05, 3.63) is 63.7 Å². The topological polar surface area (TPSA) is 20.2 Å². The Morgan fingerprint density at radius 3 is 2.64 bits per heavy atom. The zero-order valence-corrected chi connectivity index (χ0v) is 15.4. The predicted octanol–water partition coefficient (Wildman–Crippen LogP) is 0.698. The van der Waals surface area contributed by atoms with Crippen LogP contribution in [0.1, 0.15) is 28.3 Å². The number of phenols is 1. The van der Waals surface area contributed by atoms with Crippen LogP contribution in [0.5, 0.6) is 5.75 Å². The molecule has 2 nitrogen and oxygen atoms in total. The molecule has 0 fully saturated rings. The zero-order chi connectivity index (χ0) is 14.6. The van der Waals surface area contributed by atoms with Crippen molar-refractivity contribution in [3.63, 3.8) is 0 Å². The number of halogens is 2. The van der Waals surface area contributed by atoms with Crippen LogP contribution in [-0.2, 0) is 12.8 Å². The Balaban J connectivity index is 0.00000144. The molecule has 2 aliphatic rings. The second kappa shape index (κ2) is 5.69. The highest BCUT2D eigenvalue weighted by molar-refractivity contribution is 6.31. The van der Waals surface area contributed by atoms with Crippen molar-refractivity contribution < 1.29 is 33.6 Å². The van der Waals surface area contributed by atoms with Crippen molar-refractivity contribution >= 4 is 11.6 Å². The Labute approximate surface area is 153 Å². The summed E-state index contributed by atoms with van der Waals surface area (Å²) in [6, 6.07) is 12.4. The highest BCUT2D eigenvalue weighted by Gasteiger charge is 2.45. The van der Waals surface area contributed by atoms with E-state index in [0.29, 0.717) is 5.75 Å². The van der Waals surface area contributed by atoms with E-state index >= 15 is 0 Å². The molecule has 0 saturated heterocycles. The van der Waals surface area contributed by atoms with Crippen LogP contribution in [0.25, 0.3) is 0 Å². The number of hydrogen-bond donors (Lipinski definition) is 1. The molecule has 2 aliphatic heterocycles. The van der Waals surface area contributed by atoms with E-state index in [1.807, 2.05) is 6.07 Å². The lowest BCUT2D eigenvalue weighted by atomic mass is 9.80. The van der Waals surface area contributed by atoms with Crippen molar-refractivity contribution in [2.24, 2.45) is 0 Å². The molecule has 4 heteroatoms. The number of benzene rings is 2. The highest BCUT2D eigenvalue weighted by atomic mass is 127. The number of aromatic hydroxyl groups is 1. The summed E-state index contributed by atoms with van der Waals surface area (Å²) in [5.74, 6) is 0.389. The maximum atomic E-state index is 10.5. The van der Waals surface area contributed by atoms with E-state index < -0.39 is 0 Å². The van der Waals surface area contributed by atoms with Gasteiger partial charge in [-0.25, -0.2) is 0 Å². The van der Waals surface area contributed by atoms with Crippen LogP contribution in [0, 0.1) is 0 Å². The van der Waals surface area contributed by atoms with Gasteiger partial charge in [0.25, 0.3) is 0 Å². The first kappa shape index (κ1) is 16.1. The van der Waals surface area contributed by atoms with Crippen LogP contribution in [0.4, 0.5) is 0 Å². The van der Waals surface area contributed by atoms with Gasteiger partial charge in [0.1, 0.15) is 11.8 Å². The molecular weight excluding hydrogens is 409 g/mol. The molecule has 2 unspecified atom stereocenters. The molecule has 2 aromatic rings. The molecule has 0 radical (unpaired) electrons. The van der Waals surface area contributed by atoms with E-state index in [-0.39, 0.29) is 30.0 Å². The van der Waals surface area contributed by atoms with Crippen LogP contribution in [0.15, 0.2) is 36.4 Å². The average molecular weight is 428 g/mol. The van der Waals surface area contributed by atoms with Crippen LogP contribution >= 0.6 is 11.6 Å². The Morgan fingerprint density at radius 1 is 1.09 bits per heavy atom. The second-order valence-electron chi connectivity index (χ2n) is 6.49. The van der Waals surface area contributed by atoms with Crippen LogP contribution < -0.4 is 24.0 Å².